The number of aliphatic hydroxyl groups excluding tert-OH is 1. The quantitative estimate of drug-likeness (QED) is 0.881. The van der Waals surface area contributed by atoms with E-state index in [0.717, 1.165) is 11.1 Å². The van der Waals surface area contributed by atoms with Gasteiger partial charge < -0.3 is 14.4 Å². The monoisotopic (exact) mass is 233 g/mol. The van der Waals surface area contributed by atoms with E-state index in [0.29, 0.717) is 18.1 Å². The van der Waals surface area contributed by atoms with E-state index < -0.39 is 6.10 Å². The number of aliphatic hydroxyl groups is 1. The van der Waals surface area contributed by atoms with Gasteiger partial charge in [-0.1, -0.05) is 16.8 Å². The van der Waals surface area contributed by atoms with Crippen molar-refractivity contribution in [1.29, 1.82) is 0 Å². The third-order valence-electron chi connectivity index (χ3n) is 2.48. The summed E-state index contributed by atoms with van der Waals surface area (Å²) in [6.07, 6.45) is 1.02. The van der Waals surface area contributed by atoms with Crippen molar-refractivity contribution in [3.8, 4) is 5.75 Å². The smallest absolute Gasteiger partial charge is 0.174 e. The molecule has 90 valence electrons. The van der Waals surface area contributed by atoms with Crippen LogP contribution in [0.15, 0.2) is 35.0 Å². The minimum Gasteiger partial charge on any atom is -0.485 e. The van der Waals surface area contributed by atoms with Crippen molar-refractivity contribution >= 4 is 0 Å². The third-order valence-corrected chi connectivity index (χ3v) is 2.48. The molecule has 0 spiro atoms. The van der Waals surface area contributed by atoms with E-state index in [-0.39, 0.29) is 0 Å². The molecule has 0 saturated heterocycles. The van der Waals surface area contributed by atoms with E-state index in [1.165, 1.54) is 0 Å². The highest BCUT2D eigenvalue weighted by atomic mass is 16.5. The van der Waals surface area contributed by atoms with Crippen molar-refractivity contribution in [3.05, 3.63) is 47.3 Å². The molecule has 0 saturated carbocycles. The van der Waals surface area contributed by atoms with Gasteiger partial charge in [0.1, 0.15) is 12.4 Å². The van der Waals surface area contributed by atoms with Crippen molar-refractivity contribution in [1.82, 2.24) is 5.16 Å². The molecule has 0 aliphatic heterocycles. The summed E-state index contributed by atoms with van der Waals surface area (Å²) in [4.78, 5) is 0. The van der Waals surface area contributed by atoms with Gasteiger partial charge in [0, 0.05) is 11.6 Å². The van der Waals surface area contributed by atoms with E-state index in [1.54, 1.807) is 19.2 Å². The van der Waals surface area contributed by atoms with Crippen LogP contribution in [0.4, 0.5) is 0 Å². The highest BCUT2D eigenvalue weighted by Gasteiger charge is 2.10. The summed E-state index contributed by atoms with van der Waals surface area (Å²) in [5.74, 6) is 1.32. The summed E-state index contributed by atoms with van der Waals surface area (Å²) in [6, 6.07) is 7.46. The SMILES string of the molecule is Cc1ccc(OCc2ccno2)c([C@@H](C)O)c1. The molecule has 4 heteroatoms. The lowest BCUT2D eigenvalue weighted by atomic mass is 10.1. The van der Waals surface area contributed by atoms with Gasteiger partial charge >= 0.3 is 0 Å². The highest BCUT2D eigenvalue weighted by Crippen LogP contribution is 2.26. The second kappa shape index (κ2) is 5.01. The summed E-state index contributed by atoms with van der Waals surface area (Å²) in [6.45, 7) is 4.00. The van der Waals surface area contributed by atoms with Crippen LogP contribution in [0.1, 0.15) is 29.9 Å². The third kappa shape index (κ3) is 2.85. The van der Waals surface area contributed by atoms with Crippen LogP contribution in [0.2, 0.25) is 0 Å². The van der Waals surface area contributed by atoms with E-state index in [1.807, 2.05) is 25.1 Å². The summed E-state index contributed by atoms with van der Waals surface area (Å²) in [7, 11) is 0. The standard InChI is InChI=1S/C13H15NO3/c1-9-3-4-13(12(7-9)10(2)15)16-8-11-5-6-14-17-11/h3-7,10,15H,8H2,1-2H3/t10-/m1/s1. The maximum absolute atomic E-state index is 9.67. The zero-order valence-corrected chi connectivity index (χ0v) is 9.88. The molecule has 0 unspecified atom stereocenters. The number of ether oxygens (including phenoxy) is 1. The molecule has 1 aromatic carbocycles. The lowest BCUT2D eigenvalue weighted by Crippen LogP contribution is -2.00. The van der Waals surface area contributed by atoms with Gasteiger partial charge in [0.25, 0.3) is 0 Å². The fourth-order valence-electron chi connectivity index (χ4n) is 1.59. The summed E-state index contributed by atoms with van der Waals surface area (Å²) in [5, 5.41) is 13.3. The van der Waals surface area contributed by atoms with Gasteiger partial charge in [0.05, 0.1) is 12.3 Å². The van der Waals surface area contributed by atoms with Gasteiger partial charge in [-0.2, -0.15) is 0 Å². The Balaban J connectivity index is 2.14. The maximum Gasteiger partial charge on any atom is 0.174 e. The van der Waals surface area contributed by atoms with Crippen molar-refractivity contribution < 1.29 is 14.4 Å². The van der Waals surface area contributed by atoms with Crippen LogP contribution in [0, 0.1) is 6.92 Å². The number of hydrogen-bond acceptors (Lipinski definition) is 4. The first-order valence-corrected chi connectivity index (χ1v) is 5.48. The topological polar surface area (TPSA) is 55.5 Å². The lowest BCUT2D eigenvalue weighted by molar-refractivity contribution is 0.186. The van der Waals surface area contributed by atoms with E-state index in [2.05, 4.69) is 5.16 Å². The molecular weight excluding hydrogens is 218 g/mol. The molecule has 1 aromatic heterocycles. The first-order chi connectivity index (χ1) is 8.16. The van der Waals surface area contributed by atoms with E-state index in [4.69, 9.17) is 9.26 Å². The van der Waals surface area contributed by atoms with Crippen molar-refractivity contribution in [2.75, 3.05) is 0 Å². The van der Waals surface area contributed by atoms with Crippen LogP contribution in [0.25, 0.3) is 0 Å². The highest BCUT2D eigenvalue weighted by molar-refractivity contribution is 5.38. The molecule has 1 N–H and O–H groups in total. The van der Waals surface area contributed by atoms with Gasteiger partial charge in [-0.3, -0.25) is 0 Å². The van der Waals surface area contributed by atoms with Gasteiger partial charge in [0.2, 0.25) is 0 Å². The van der Waals surface area contributed by atoms with Crippen LogP contribution in [-0.4, -0.2) is 10.3 Å². The zero-order valence-electron chi connectivity index (χ0n) is 9.88. The minimum atomic E-state index is -0.556. The van der Waals surface area contributed by atoms with Crippen LogP contribution in [-0.2, 0) is 6.61 Å². The Labute approximate surface area is 99.8 Å². The van der Waals surface area contributed by atoms with Crippen molar-refractivity contribution in [3.63, 3.8) is 0 Å². The Morgan fingerprint density at radius 3 is 2.88 bits per heavy atom. The predicted octanol–water partition coefficient (Wildman–Crippen LogP) is 2.62. The second-order valence-corrected chi connectivity index (χ2v) is 3.98. The van der Waals surface area contributed by atoms with Gasteiger partial charge in [-0.05, 0) is 26.0 Å². The first-order valence-electron chi connectivity index (χ1n) is 5.48. The molecule has 0 fully saturated rings. The number of nitrogens with zero attached hydrogens (tertiary/aromatic N) is 1. The minimum absolute atomic E-state index is 0.308. The summed E-state index contributed by atoms with van der Waals surface area (Å²) in [5.41, 5.74) is 1.87. The molecule has 0 radical (unpaired) electrons. The number of aromatic nitrogens is 1. The maximum atomic E-state index is 9.67. The fraction of sp³-hybridized carbons (Fsp3) is 0.308. The molecule has 2 rings (SSSR count). The number of rotatable bonds is 4. The fourth-order valence-corrected chi connectivity index (χ4v) is 1.59. The molecule has 4 nitrogen and oxygen atoms in total. The largest absolute Gasteiger partial charge is 0.485 e. The summed E-state index contributed by atoms with van der Waals surface area (Å²) >= 11 is 0. The average molecular weight is 233 g/mol. The molecule has 0 bridgehead atoms. The molecule has 1 atom stereocenters. The lowest BCUT2D eigenvalue weighted by Gasteiger charge is -2.13. The van der Waals surface area contributed by atoms with E-state index in [9.17, 15) is 5.11 Å². The van der Waals surface area contributed by atoms with Crippen molar-refractivity contribution in [2.45, 2.75) is 26.6 Å². The number of hydrogen-bond donors (Lipinski definition) is 1. The van der Waals surface area contributed by atoms with E-state index >= 15 is 0 Å². The Morgan fingerprint density at radius 1 is 1.41 bits per heavy atom. The molecule has 0 amide bonds. The molecule has 1 heterocycles. The van der Waals surface area contributed by atoms with Crippen LogP contribution < -0.4 is 4.74 Å². The molecule has 17 heavy (non-hydrogen) atoms. The van der Waals surface area contributed by atoms with Crippen LogP contribution >= 0.6 is 0 Å². The van der Waals surface area contributed by atoms with Gasteiger partial charge in [-0.25, -0.2) is 0 Å². The Bertz CT molecular complexity index is 477. The van der Waals surface area contributed by atoms with Gasteiger partial charge in [-0.15, -0.1) is 0 Å². The molecule has 0 aliphatic carbocycles. The van der Waals surface area contributed by atoms with Gasteiger partial charge in [0.15, 0.2) is 5.76 Å². The Kier molecular flexibility index (Phi) is 3.44. The molecule has 0 aliphatic rings. The number of benzene rings is 1. The first kappa shape index (κ1) is 11.7. The van der Waals surface area contributed by atoms with Crippen LogP contribution in [0.3, 0.4) is 0 Å². The predicted molar refractivity (Wildman–Crippen MR) is 62.6 cm³/mol. The average Bonchev–Trinajstić information content (AvgIpc) is 2.80. The zero-order chi connectivity index (χ0) is 12.3. The second-order valence-electron chi connectivity index (χ2n) is 3.98. The van der Waals surface area contributed by atoms with Crippen molar-refractivity contribution in [2.24, 2.45) is 0 Å². The molecular formula is C13H15NO3. The van der Waals surface area contributed by atoms with Crippen LogP contribution in [0.5, 0.6) is 5.75 Å². The number of aryl methyl sites for hydroxylation is 1. The Hall–Kier alpha value is -1.81. The summed E-state index contributed by atoms with van der Waals surface area (Å²) < 4.78 is 10.5. The Morgan fingerprint density at radius 2 is 2.24 bits per heavy atom. The molecule has 2 aromatic rings. The normalized spacial score (nSPS) is 12.4.